The number of benzene rings is 1. The highest BCUT2D eigenvalue weighted by Gasteiger charge is 2.25. The number of aliphatic hydroxyl groups is 1. The van der Waals surface area contributed by atoms with Gasteiger partial charge in [0.05, 0.1) is 6.10 Å². The molecule has 1 aromatic carbocycles. The molecule has 2 atom stereocenters. The largest absolute Gasteiger partial charge is 0.392 e. The summed E-state index contributed by atoms with van der Waals surface area (Å²) in [5.74, 6) is 1.70. The summed E-state index contributed by atoms with van der Waals surface area (Å²) in [4.78, 5) is 1.40. The third-order valence-corrected chi connectivity index (χ3v) is 5.60. The Bertz CT molecular complexity index is 417. The molecule has 0 bridgehead atoms. The molecule has 1 saturated carbocycles. The van der Waals surface area contributed by atoms with Crippen LogP contribution in [0.2, 0.25) is 0 Å². The highest BCUT2D eigenvalue weighted by Crippen LogP contribution is 2.36. The zero-order chi connectivity index (χ0) is 13.1. The number of fused-ring (bicyclic) bond motifs is 1. The van der Waals surface area contributed by atoms with Crippen LogP contribution in [0.4, 0.5) is 0 Å². The predicted octanol–water partition coefficient (Wildman–Crippen LogP) is 3.36. The Morgan fingerprint density at radius 3 is 2.84 bits per heavy atom. The molecule has 2 aliphatic rings. The molecule has 1 fully saturated rings. The van der Waals surface area contributed by atoms with Crippen LogP contribution >= 0.6 is 11.8 Å². The highest BCUT2D eigenvalue weighted by atomic mass is 32.2. The quantitative estimate of drug-likeness (QED) is 0.885. The fraction of sp³-hybridized carbons (Fsp3) is 0.625. The molecule has 2 nitrogen and oxygen atoms in total. The molecule has 3 heteroatoms. The first kappa shape index (κ1) is 13.5. The molecule has 1 aliphatic carbocycles. The van der Waals surface area contributed by atoms with Gasteiger partial charge in [0.2, 0.25) is 0 Å². The first-order chi connectivity index (χ1) is 9.34. The van der Waals surface area contributed by atoms with Crippen molar-refractivity contribution >= 4 is 11.8 Å². The van der Waals surface area contributed by atoms with Gasteiger partial charge in [0.25, 0.3) is 0 Å². The Kier molecular flexibility index (Phi) is 4.46. The van der Waals surface area contributed by atoms with E-state index >= 15 is 0 Å². The lowest BCUT2D eigenvalue weighted by atomic mass is 9.99. The number of rotatable bonds is 4. The van der Waals surface area contributed by atoms with Crippen molar-refractivity contribution in [2.24, 2.45) is 5.92 Å². The van der Waals surface area contributed by atoms with Gasteiger partial charge in [-0.05, 0) is 42.6 Å². The third kappa shape index (κ3) is 3.15. The van der Waals surface area contributed by atoms with Gasteiger partial charge >= 0.3 is 0 Å². The molecule has 0 spiro atoms. The van der Waals surface area contributed by atoms with Gasteiger partial charge in [-0.2, -0.15) is 0 Å². The SMILES string of the molecule is OC(CNC1CCSc2ccccc21)C1CCCC1. The molecule has 0 radical (unpaired) electrons. The van der Waals surface area contributed by atoms with E-state index < -0.39 is 0 Å². The molecule has 1 heterocycles. The minimum atomic E-state index is -0.163. The molecule has 1 aromatic rings. The number of hydrogen-bond acceptors (Lipinski definition) is 3. The maximum Gasteiger partial charge on any atom is 0.0692 e. The van der Waals surface area contributed by atoms with Crippen molar-refractivity contribution in [2.75, 3.05) is 12.3 Å². The second-order valence-corrected chi connectivity index (χ2v) is 6.88. The van der Waals surface area contributed by atoms with E-state index in [-0.39, 0.29) is 6.10 Å². The van der Waals surface area contributed by atoms with Crippen LogP contribution in [0.3, 0.4) is 0 Å². The van der Waals surface area contributed by atoms with Crippen LogP contribution in [0.15, 0.2) is 29.2 Å². The molecule has 2 unspecified atom stereocenters. The van der Waals surface area contributed by atoms with Gasteiger partial charge in [0.1, 0.15) is 0 Å². The number of hydrogen-bond donors (Lipinski definition) is 2. The molecule has 0 aromatic heterocycles. The van der Waals surface area contributed by atoms with Crippen molar-refractivity contribution in [3.05, 3.63) is 29.8 Å². The molecule has 1 aliphatic heterocycles. The summed E-state index contributed by atoms with van der Waals surface area (Å²) in [5.41, 5.74) is 1.41. The summed E-state index contributed by atoms with van der Waals surface area (Å²) in [6.07, 6.45) is 6.01. The van der Waals surface area contributed by atoms with E-state index in [2.05, 4.69) is 29.6 Å². The number of nitrogens with one attached hydrogen (secondary N) is 1. The first-order valence-corrected chi connectivity index (χ1v) is 8.46. The van der Waals surface area contributed by atoms with E-state index in [1.807, 2.05) is 11.8 Å². The van der Waals surface area contributed by atoms with Crippen molar-refractivity contribution in [3.63, 3.8) is 0 Å². The van der Waals surface area contributed by atoms with Gasteiger partial charge in [-0.3, -0.25) is 0 Å². The van der Waals surface area contributed by atoms with Crippen LogP contribution in [0.5, 0.6) is 0 Å². The average molecular weight is 277 g/mol. The Balaban J connectivity index is 1.58. The van der Waals surface area contributed by atoms with Gasteiger partial charge in [-0.15, -0.1) is 11.8 Å². The van der Waals surface area contributed by atoms with Gasteiger partial charge in [-0.25, -0.2) is 0 Å². The highest BCUT2D eigenvalue weighted by molar-refractivity contribution is 7.99. The monoisotopic (exact) mass is 277 g/mol. The fourth-order valence-electron chi connectivity index (χ4n) is 3.33. The van der Waals surface area contributed by atoms with E-state index in [0.29, 0.717) is 12.0 Å². The normalized spacial score (nSPS) is 25.2. The Labute approximate surface area is 120 Å². The van der Waals surface area contributed by atoms with Crippen molar-refractivity contribution < 1.29 is 5.11 Å². The molecule has 19 heavy (non-hydrogen) atoms. The molecule has 0 saturated heterocycles. The summed E-state index contributed by atoms with van der Waals surface area (Å²) in [6, 6.07) is 9.09. The fourth-order valence-corrected chi connectivity index (χ4v) is 4.45. The lowest BCUT2D eigenvalue weighted by molar-refractivity contribution is 0.105. The summed E-state index contributed by atoms with van der Waals surface area (Å²) in [5, 5.41) is 13.9. The zero-order valence-electron chi connectivity index (χ0n) is 11.3. The van der Waals surface area contributed by atoms with Gasteiger partial charge in [0, 0.05) is 17.5 Å². The maximum atomic E-state index is 10.3. The summed E-state index contributed by atoms with van der Waals surface area (Å²) < 4.78 is 0. The van der Waals surface area contributed by atoms with Crippen LogP contribution in [-0.4, -0.2) is 23.5 Å². The second-order valence-electron chi connectivity index (χ2n) is 5.75. The topological polar surface area (TPSA) is 32.3 Å². The average Bonchev–Trinajstić information content (AvgIpc) is 2.99. The van der Waals surface area contributed by atoms with Gasteiger partial charge in [0.15, 0.2) is 0 Å². The smallest absolute Gasteiger partial charge is 0.0692 e. The van der Waals surface area contributed by atoms with Crippen molar-refractivity contribution in [3.8, 4) is 0 Å². The number of thioether (sulfide) groups is 1. The first-order valence-electron chi connectivity index (χ1n) is 7.48. The van der Waals surface area contributed by atoms with Crippen LogP contribution in [-0.2, 0) is 0 Å². The maximum absolute atomic E-state index is 10.3. The summed E-state index contributed by atoms with van der Waals surface area (Å²) in [6.45, 7) is 0.744. The van der Waals surface area contributed by atoms with Crippen LogP contribution in [0.25, 0.3) is 0 Å². The van der Waals surface area contributed by atoms with Crippen LogP contribution < -0.4 is 5.32 Å². The summed E-state index contributed by atoms with van der Waals surface area (Å²) in [7, 11) is 0. The van der Waals surface area contributed by atoms with Crippen LogP contribution in [0, 0.1) is 5.92 Å². The molecule has 0 amide bonds. The Morgan fingerprint density at radius 2 is 2.00 bits per heavy atom. The second kappa shape index (κ2) is 6.29. The number of aliphatic hydroxyl groups excluding tert-OH is 1. The third-order valence-electron chi connectivity index (χ3n) is 4.48. The van der Waals surface area contributed by atoms with Gasteiger partial charge in [-0.1, -0.05) is 31.0 Å². The Morgan fingerprint density at radius 1 is 1.21 bits per heavy atom. The van der Waals surface area contributed by atoms with E-state index in [1.54, 1.807) is 0 Å². The zero-order valence-corrected chi connectivity index (χ0v) is 12.2. The molecule has 3 rings (SSSR count). The van der Waals surface area contributed by atoms with Gasteiger partial charge < -0.3 is 10.4 Å². The lowest BCUT2D eigenvalue weighted by Gasteiger charge is -2.28. The van der Waals surface area contributed by atoms with Crippen molar-refractivity contribution in [2.45, 2.75) is 49.1 Å². The molecular formula is C16H23NOS. The van der Waals surface area contributed by atoms with E-state index in [4.69, 9.17) is 0 Å². The molecule has 104 valence electrons. The van der Waals surface area contributed by atoms with E-state index in [0.717, 1.165) is 6.54 Å². The Hall–Kier alpha value is -0.510. The van der Waals surface area contributed by atoms with Crippen LogP contribution in [0.1, 0.15) is 43.7 Å². The standard InChI is InChI=1S/C16H23NOS/c18-15(12-5-1-2-6-12)11-17-14-9-10-19-16-8-4-3-7-13(14)16/h3-4,7-8,12,14-15,17-18H,1-2,5-6,9-11H2. The van der Waals surface area contributed by atoms with Crippen molar-refractivity contribution in [1.82, 2.24) is 5.32 Å². The summed E-state index contributed by atoms with van der Waals surface area (Å²) >= 11 is 1.95. The molecule has 2 N–H and O–H groups in total. The van der Waals surface area contributed by atoms with E-state index in [1.165, 1.54) is 48.3 Å². The predicted molar refractivity (Wildman–Crippen MR) is 80.5 cm³/mol. The van der Waals surface area contributed by atoms with E-state index in [9.17, 15) is 5.11 Å². The lowest BCUT2D eigenvalue weighted by Crippen LogP contribution is -2.35. The minimum Gasteiger partial charge on any atom is -0.392 e. The van der Waals surface area contributed by atoms with Crippen molar-refractivity contribution in [1.29, 1.82) is 0 Å². The minimum absolute atomic E-state index is 0.163. The molecular weight excluding hydrogens is 254 g/mol.